The number of hydrogen-bond acceptors (Lipinski definition) is 3. The Kier molecular flexibility index (Phi) is 2.31. The van der Waals surface area contributed by atoms with E-state index in [0.29, 0.717) is 12.0 Å². The normalized spacial score (nSPS) is 39.6. The maximum absolute atomic E-state index is 11.9. The molecule has 96 valence electrons. The van der Waals surface area contributed by atoms with Gasteiger partial charge >= 0.3 is 5.97 Å². The Balaban J connectivity index is 2.02. The number of carbonyl (C=O) groups is 2. The van der Waals surface area contributed by atoms with E-state index in [4.69, 9.17) is 4.74 Å². The molecule has 0 amide bonds. The highest BCUT2D eigenvalue weighted by Crippen LogP contribution is 2.54. The molecule has 0 radical (unpaired) electrons. The van der Waals surface area contributed by atoms with Gasteiger partial charge in [-0.05, 0) is 37.2 Å². The molecule has 0 aromatic rings. The van der Waals surface area contributed by atoms with Crippen LogP contribution < -0.4 is 0 Å². The lowest BCUT2D eigenvalue weighted by atomic mass is 9.60. The van der Waals surface area contributed by atoms with Gasteiger partial charge in [-0.1, -0.05) is 19.1 Å². The maximum atomic E-state index is 11.9. The molecule has 2 fully saturated rings. The average Bonchev–Trinajstić information content (AvgIpc) is 2.58. The zero-order valence-electron chi connectivity index (χ0n) is 10.9. The summed E-state index contributed by atoms with van der Waals surface area (Å²) in [5.41, 5.74) is 2.76. The Bertz CT molecular complexity index is 500. The number of carbonyl (C=O) groups excluding carboxylic acids is 2. The summed E-state index contributed by atoms with van der Waals surface area (Å²) in [6.45, 7) is 7.97. The molecule has 3 nitrogen and oxygen atoms in total. The first kappa shape index (κ1) is 11.7. The van der Waals surface area contributed by atoms with Crippen LogP contribution in [0.1, 0.15) is 39.5 Å². The van der Waals surface area contributed by atoms with Gasteiger partial charge in [0.15, 0.2) is 5.78 Å². The van der Waals surface area contributed by atoms with Crippen LogP contribution in [-0.4, -0.2) is 17.9 Å². The number of allylic oxidation sites excluding steroid dienone is 2. The molecule has 3 rings (SSSR count). The van der Waals surface area contributed by atoms with Gasteiger partial charge in [-0.2, -0.15) is 0 Å². The van der Waals surface area contributed by atoms with Gasteiger partial charge < -0.3 is 4.74 Å². The fourth-order valence-corrected chi connectivity index (χ4v) is 3.75. The van der Waals surface area contributed by atoms with Crippen LogP contribution in [0.5, 0.6) is 0 Å². The van der Waals surface area contributed by atoms with Crippen LogP contribution in [-0.2, 0) is 14.3 Å². The van der Waals surface area contributed by atoms with E-state index in [1.54, 1.807) is 0 Å². The van der Waals surface area contributed by atoms with E-state index >= 15 is 0 Å². The molecule has 1 heterocycles. The minimum Gasteiger partial charge on any atom is -0.458 e. The van der Waals surface area contributed by atoms with Crippen molar-refractivity contribution in [2.75, 3.05) is 0 Å². The minimum atomic E-state index is -0.253. The molecule has 3 heteroatoms. The maximum Gasteiger partial charge on any atom is 0.334 e. The first-order chi connectivity index (χ1) is 8.42. The van der Waals surface area contributed by atoms with Crippen molar-refractivity contribution in [2.45, 2.75) is 45.6 Å². The van der Waals surface area contributed by atoms with E-state index < -0.39 is 0 Å². The van der Waals surface area contributed by atoms with Crippen molar-refractivity contribution in [1.29, 1.82) is 0 Å². The van der Waals surface area contributed by atoms with Crippen LogP contribution in [0.2, 0.25) is 0 Å². The molecule has 0 spiro atoms. The Labute approximate surface area is 107 Å². The van der Waals surface area contributed by atoms with Crippen LogP contribution in [0.3, 0.4) is 0 Å². The van der Waals surface area contributed by atoms with E-state index in [0.717, 1.165) is 24.8 Å². The van der Waals surface area contributed by atoms with Crippen molar-refractivity contribution in [3.8, 4) is 0 Å². The molecular weight excluding hydrogens is 228 g/mol. The van der Waals surface area contributed by atoms with Crippen molar-refractivity contribution in [2.24, 2.45) is 11.3 Å². The SMILES string of the molecule is C=C1C(=O)O[C@H]2C[C@]3(C)CCC(=O)C(C)=C3C[C@@H]12. The third-order valence-electron chi connectivity index (χ3n) is 5.00. The molecule has 0 unspecified atom stereocenters. The fourth-order valence-electron chi connectivity index (χ4n) is 3.75. The summed E-state index contributed by atoms with van der Waals surface area (Å²) in [4.78, 5) is 23.4. The molecule has 0 bridgehead atoms. The summed E-state index contributed by atoms with van der Waals surface area (Å²) in [5.74, 6) is 0.0926. The van der Waals surface area contributed by atoms with Crippen molar-refractivity contribution < 1.29 is 14.3 Å². The molecule has 1 saturated carbocycles. The lowest BCUT2D eigenvalue weighted by molar-refractivity contribution is -0.141. The topological polar surface area (TPSA) is 43.4 Å². The highest BCUT2D eigenvalue weighted by molar-refractivity contribution is 5.97. The predicted molar refractivity (Wildman–Crippen MR) is 66.8 cm³/mol. The summed E-state index contributed by atoms with van der Waals surface area (Å²) in [6, 6.07) is 0. The molecule has 1 saturated heterocycles. The molecule has 3 atom stereocenters. The smallest absolute Gasteiger partial charge is 0.334 e. The lowest BCUT2D eigenvalue weighted by Gasteiger charge is -2.44. The Morgan fingerprint density at radius 3 is 2.83 bits per heavy atom. The molecule has 18 heavy (non-hydrogen) atoms. The molecule has 3 aliphatic rings. The van der Waals surface area contributed by atoms with Crippen LogP contribution in [0.4, 0.5) is 0 Å². The second kappa shape index (κ2) is 3.56. The van der Waals surface area contributed by atoms with E-state index in [1.165, 1.54) is 5.57 Å². The van der Waals surface area contributed by atoms with E-state index in [-0.39, 0.29) is 29.2 Å². The zero-order chi connectivity index (χ0) is 13.1. The zero-order valence-corrected chi connectivity index (χ0v) is 10.9. The van der Waals surface area contributed by atoms with Gasteiger partial charge in [0.25, 0.3) is 0 Å². The lowest BCUT2D eigenvalue weighted by Crippen LogP contribution is -2.39. The number of ketones is 1. The van der Waals surface area contributed by atoms with Gasteiger partial charge in [0.1, 0.15) is 6.10 Å². The molecular formula is C15H18O3. The highest BCUT2D eigenvalue weighted by atomic mass is 16.6. The van der Waals surface area contributed by atoms with Gasteiger partial charge in [-0.25, -0.2) is 4.79 Å². The summed E-state index contributed by atoms with van der Waals surface area (Å²) < 4.78 is 5.41. The number of rotatable bonds is 0. The summed E-state index contributed by atoms with van der Waals surface area (Å²) in [7, 11) is 0. The van der Waals surface area contributed by atoms with Crippen molar-refractivity contribution in [3.63, 3.8) is 0 Å². The van der Waals surface area contributed by atoms with Crippen molar-refractivity contribution in [1.82, 2.24) is 0 Å². The summed E-state index contributed by atoms with van der Waals surface area (Å²) >= 11 is 0. The molecule has 0 N–H and O–H groups in total. The molecule has 0 aromatic carbocycles. The van der Waals surface area contributed by atoms with Gasteiger partial charge in [0.05, 0.1) is 0 Å². The Morgan fingerprint density at radius 1 is 1.39 bits per heavy atom. The first-order valence-electron chi connectivity index (χ1n) is 6.55. The highest BCUT2D eigenvalue weighted by Gasteiger charge is 2.50. The van der Waals surface area contributed by atoms with Crippen molar-refractivity contribution in [3.05, 3.63) is 23.3 Å². The van der Waals surface area contributed by atoms with E-state index in [1.807, 2.05) is 6.92 Å². The van der Waals surface area contributed by atoms with Gasteiger partial charge in [-0.15, -0.1) is 0 Å². The molecule has 0 aromatic heterocycles. The van der Waals surface area contributed by atoms with Crippen LogP contribution in [0, 0.1) is 11.3 Å². The Hall–Kier alpha value is -1.38. The second-order valence-corrected chi connectivity index (χ2v) is 6.07. The van der Waals surface area contributed by atoms with Crippen LogP contribution in [0.15, 0.2) is 23.3 Å². The van der Waals surface area contributed by atoms with Crippen LogP contribution >= 0.6 is 0 Å². The number of esters is 1. The van der Waals surface area contributed by atoms with E-state index in [9.17, 15) is 9.59 Å². The fraction of sp³-hybridized carbons (Fsp3) is 0.600. The van der Waals surface area contributed by atoms with Crippen LogP contribution in [0.25, 0.3) is 0 Å². The largest absolute Gasteiger partial charge is 0.458 e. The first-order valence-corrected chi connectivity index (χ1v) is 6.55. The van der Waals surface area contributed by atoms with E-state index in [2.05, 4.69) is 13.5 Å². The minimum absolute atomic E-state index is 0.0280. The number of hydrogen-bond donors (Lipinski definition) is 0. The summed E-state index contributed by atoms with van der Waals surface area (Å²) in [6.07, 6.45) is 3.08. The standard InChI is InChI=1S/C15H18O3/c1-8-10-6-11-9(2)12(16)4-5-15(11,3)7-13(10)18-14(8)17/h10,13H,1,4-7H2,2-3H3/t10-,13-,15-/m0/s1. The molecule has 2 aliphatic carbocycles. The third-order valence-corrected chi connectivity index (χ3v) is 5.00. The quantitative estimate of drug-likeness (QED) is 0.487. The number of fused-ring (bicyclic) bond motifs is 2. The Morgan fingerprint density at radius 2 is 2.11 bits per heavy atom. The monoisotopic (exact) mass is 246 g/mol. The molecule has 1 aliphatic heterocycles. The number of Topliss-reactive ketones (excluding diaryl/α,β-unsaturated/α-hetero) is 1. The van der Waals surface area contributed by atoms with Crippen molar-refractivity contribution >= 4 is 11.8 Å². The second-order valence-electron chi connectivity index (χ2n) is 6.07. The van der Waals surface area contributed by atoms with Gasteiger partial charge in [-0.3, -0.25) is 4.79 Å². The number of ether oxygens (including phenoxy) is 1. The van der Waals surface area contributed by atoms with Gasteiger partial charge in [0.2, 0.25) is 0 Å². The average molecular weight is 246 g/mol. The predicted octanol–water partition coefficient (Wildman–Crippen LogP) is 2.56. The summed E-state index contributed by atoms with van der Waals surface area (Å²) in [5, 5.41) is 0. The third kappa shape index (κ3) is 1.43. The van der Waals surface area contributed by atoms with Gasteiger partial charge in [0, 0.05) is 17.9 Å².